The minimum atomic E-state index is -4.33. The molecule has 0 spiro atoms. The zero-order valence-electron chi connectivity index (χ0n) is 15.3. The quantitative estimate of drug-likeness (QED) is 0.605. The molecule has 2 N–H and O–H groups in total. The highest BCUT2D eigenvalue weighted by atomic mass is 19.4. The van der Waals surface area contributed by atoms with E-state index in [9.17, 15) is 17.6 Å². The summed E-state index contributed by atoms with van der Waals surface area (Å²) in [5.41, 5.74) is 7.09. The Hall–Kier alpha value is -2.36. The number of alkyl halides is 3. The van der Waals surface area contributed by atoms with Gasteiger partial charge in [0.2, 0.25) is 0 Å². The predicted octanol–water partition coefficient (Wildman–Crippen LogP) is 4.75. The number of hydrogen-bond donors (Lipinski definition) is 1. The summed E-state index contributed by atoms with van der Waals surface area (Å²) in [4.78, 5) is 2.11. The lowest BCUT2D eigenvalue weighted by Crippen LogP contribution is -2.47. The van der Waals surface area contributed by atoms with E-state index in [0.29, 0.717) is 24.9 Å². The fourth-order valence-corrected chi connectivity index (χ4v) is 3.49. The van der Waals surface area contributed by atoms with Crippen molar-refractivity contribution in [2.75, 3.05) is 13.1 Å². The maximum atomic E-state index is 12.9. The van der Waals surface area contributed by atoms with E-state index in [1.165, 1.54) is 24.3 Å². The number of hydrogen-bond acceptors (Lipinski definition) is 2. The van der Waals surface area contributed by atoms with Crippen LogP contribution in [-0.4, -0.2) is 24.2 Å². The van der Waals surface area contributed by atoms with E-state index in [2.05, 4.69) is 16.7 Å². The lowest BCUT2D eigenvalue weighted by molar-refractivity contribution is -0.137. The zero-order chi connectivity index (χ0) is 20.1. The molecule has 0 bridgehead atoms. The van der Waals surface area contributed by atoms with Crippen molar-refractivity contribution in [2.24, 2.45) is 5.73 Å². The lowest BCUT2D eigenvalue weighted by atomic mass is 9.87. The van der Waals surface area contributed by atoms with Gasteiger partial charge >= 0.3 is 6.18 Å². The minimum absolute atomic E-state index is 0.0267. The summed E-state index contributed by atoms with van der Waals surface area (Å²) < 4.78 is 51.6. The van der Waals surface area contributed by atoms with E-state index < -0.39 is 11.7 Å². The summed E-state index contributed by atoms with van der Waals surface area (Å²) in [6.07, 6.45) is -2.53. The van der Waals surface area contributed by atoms with Crippen LogP contribution in [0.25, 0.3) is 0 Å². The smallest absolute Gasteiger partial charge is 0.316 e. The topological polar surface area (TPSA) is 29.3 Å². The van der Waals surface area contributed by atoms with Crippen molar-refractivity contribution >= 4 is 0 Å². The van der Waals surface area contributed by atoms with Gasteiger partial charge in [-0.3, -0.25) is 4.90 Å². The molecule has 148 valence electrons. The third-order valence-electron chi connectivity index (χ3n) is 5.05. The van der Waals surface area contributed by atoms with Crippen LogP contribution in [0.2, 0.25) is 0 Å². The molecular weight excluding hydrogens is 368 g/mol. The molecule has 28 heavy (non-hydrogen) atoms. The molecule has 2 aromatic carbocycles. The number of nitrogens with two attached hydrogens (primary N) is 1. The van der Waals surface area contributed by atoms with Crippen LogP contribution < -0.4 is 5.73 Å². The van der Waals surface area contributed by atoms with Crippen molar-refractivity contribution in [3.8, 4) is 11.8 Å². The Morgan fingerprint density at radius 1 is 1.11 bits per heavy atom. The molecule has 0 amide bonds. The van der Waals surface area contributed by atoms with Crippen molar-refractivity contribution in [2.45, 2.75) is 37.5 Å². The third-order valence-corrected chi connectivity index (χ3v) is 5.05. The maximum absolute atomic E-state index is 12.9. The van der Waals surface area contributed by atoms with Gasteiger partial charge in [-0.15, -0.1) is 0 Å². The highest BCUT2D eigenvalue weighted by molar-refractivity contribution is 5.34. The Kier molecular flexibility index (Phi) is 6.38. The number of rotatable bonds is 3. The first-order valence-corrected chi connectivity index (χ1v) is 9.24. The van der Waals surface area contributed by atoms with Gasteiger partial charge in [0.05, 0.1) is 11.7 Å². The van der Waals surface area contributed by atoms with Crippen molar-refractivity contribution in [1.29, 1.82) is 0 Å². The standard InChI is InChI=1S/C22H22F4N2/c23-20-9-7-16(8-10-20)4-1-2-12-28-13-11-18(15-21(28)27)17-5-3-6-19(14-17)22(24,25)26/h3,5-10,14,18,21H,2,11-13,15,27H2. The molecule has 1 aliphatic heterocycles. The molecule has 2 nitrogen and oxygen atoms in total. The van der Waals surface area contributed by atoms with Gasteiger partial charge in [0, 0.05) is 25.1 Å². The molecule has 1 fully saturated rings. The normalized spacial score (nSPS) is 20.5. The number of piperidine rings is 1. The van der Waals surface area contributed by atoms with Gasteiger partial charge < -0.3 is 5.73 Å². The highest BCUT2D eigenvalue weighted by Crippen LogP contribution is 2.34. The molecule has 1 heterocycles. The zero-order valence-corrected chi connectivity index (χ0v) is 15.3. The van der Waals surface area contributed by atoms with Crippen molar-refractivity contribution < 1.29 is 17.6 Å². The van der Waals surface area contributed by atoms with Gasteiger partial charge in [0.15, 0.2) is 0 Å². The average Bonchev–Trinajstić information content (AvgIpc) is 2.67. The summed E-state index contributed by atoms with van der Waals surface area (Å²) in [7, 11) is 0. The highest BCUT2D eigenvalue weighted by Gasteiger charge is 2.32. The third kappa shape index (κ3) is 5.34. The van der Waals surface area contributed by atoms with Gasteiger partial charge in [-0.1, -0.05) is 30.0 Å². The molecule has 0 saturated carbocycles. The van der Waals surface area contributed by atoms with E-state index in [1.807, 2.05) is 0 Å². The molecule has 0 radical (unpaired) electrons. The first-order valence-electron chi connectivity index (χ1n) is 9.24. The SMILES string of the molecule is NC1CC(c2cccc(C(F)(F)F)c2)CCN1CCC#Cc1ccc(F)cc1. The van der Waals surface area contributed by atoms with Gasteiger partial charge in [-0.25, -0.2) is 4.39 Å². The second kappa shape index (κ2) is 8.76. The Morgan fingerprint density at radius 3 is 2.54 bits per heavy atom. The van der Waals surface area contributed by atoms with E-state index in [0.717, 1.165) is 24.6 Å². The fourth-order valence-electron chi connectivity index (χ4n) is 3.49. The summed E-state index contributed by atoms with van der Waals surface area (Å²) in [5.74, 6) is 5.79. The molecule has 6 heteroatoms. The van der Waals surface area contributed by atoms with Gasteiger partial charge in [0.1, 0.15) is 5.82 Å². The first-order chi connectivity index (χ1) is 13.3. The maximum Gasteiger partial charge on any atom is 0.416 e. The van der Waals surface area contributed by atoms with E-state index in [4.69, 9.17) is 5.73 Å². The molecule has 2 aromatic rings. The summed E-state index contributed by atoms with van der Waals surface area (Å²) in [5, 5.41) is 0. The Balaban J connectivity index is 1.53. The van der Waals surface area contributed by atoms with E-state index in [-0.39, 0.29) is 17.9 Å². The second-order valence-corrected chi connectivity index (χ2v) is 7.01. The number of benzene rings is 2. The van der Waals surface area contributed by atoms with Crippen molar-refractivity contribution in [3.63, 3.8) is 0 Å². The van der Waals surface area contributed by atoms with Crippen LogP contribution >= 0.6 is 0 Å². The molecule has 2 unspecified atom stereocenters. The van der Waals surface area contributed by atoms with Crippen LogP contribution in [0.4, 0.5) is 17.6 Å². The Bertz CT molecular complexity index is 849. The lowest BCUT2D eigenvalue weighted by Gasteiger charge is -2.37. The van der Waals surface area contributed by atoms with Crippen molar-refractivity contribution in [3.05, 3.63) is 71.0 Å². The molecule has 0 aliphatic carbocycles. The minimum Gasteiger partial charge on any atom is -0.316 e. The largest absolute Gasteiger partial charge is 0.416 e. The number of halogens is 4. The molecule has 2 atom stereocenters. The van der Waals surface area contributed by atoms with Crippen LogP contribution in [0, 0.1) is 17.7 Å². The Morgan fingerprint density at radius 2 is 1.86 bits per heavy atom. The second-order valence-electron chi connectivity index (χ2n) is 7.01. The van der Waals surface area contributed by atoms with Crippen LogP contribution in [0.5, 0.6) is 0 Å². The van der Waals surface area contributed by atoms with E-state index >= 15 is 0 Å². The van der Waals surface area contributed by atoms with Gasteiger partial charge in [0.25, 0.3) is 0 Å². The first kappa shape index (κ1) is 20.4. The van der Waals surface area contributed by atoms with Gasteiger partial charge in [-0.05, 0) is 54.7 Å². The summed E-state index contributed by atoms with van der Waals surface area (Å²) in [6, 6.07) is 11.6. The van der Waals surface area contributed by atoms with E-state index in [1.54, 1.807) is 18.2 Å². The average molecular weight is 390 g/mol. The van der Waals surface area contributed by atoms with Crippen LogP contribution in [0.1, 0.15) is 41.9 Å². The summed E-state index contributed by atoms with van der Waals surface area (Å²) >= 11 is 0. The van der Waals surface area contributed by atoms with Crippen LogP contribution in [0.15, 0.2) is 48.5 Å². The molecule has 1 saturated heterocycles. The number of nitrogens with zero attached hydrogens (tertiary/aromatic N) is 1. The fraction of sp³-hybridized carbons (Fsp3) is 0.364. The monoisotopic (exact) mass is 390 g/mol. The Labute approximate surface area is 162 Å². The van der Waals surface area contributed by atoms with Crippen LogP contribution in [-0.2, 0) is 6.18 Å². The van der Waals surface area contributed by atoms with Crippen LogP contribution in [0.3, 0.4) is 0 Å². The predicted molar refractivity (Wildman–Crippen MR) is 101 cm³/mol. The molecule has 0 aromatic heterocycles. The number of likely N-dealkylation sites (tertiary alicyclic amines) is 1. The molecular formula is C22H22F4N2. The molecule has 3 rings (SSSR count). The summed E-state index contributed by atoms with van der Waals surface area (Å²) in [6.45, 7) is 1.42. The van der Waals surface area contributed by atoms with Crippen molar-refractivity contribution in [1.82, 2.24) is 4.90 Å². The molecule has 1 aliphatic rings. The van der Waals surface area contributed by atoms with Gasteiger partial charge in [-0.2, -0.15) is 13.2 Å².